The first kappa shape index (κ1) is 22.6. The van der Waals surface area contributed by atoms with Crippen molar-refractivity contribution in [1.82, 2.24) is 4.72 Å². The molecule has 0 fully saturated rings. The fourth-order valence-electron chi connectivity index (χ4n) is 2.12. The van der Waals surface area contributed by atoms with Crippen LogP contribution in [0.1, 0.15) is 16.7 Å². The molecular formula is C15H9Cl2F6NO3S. The molecule has 0 heterocycles. The third-order valence-electron chi connectivity index (χ3n) is 3.40. The molecule has 4 nitrogen and oxygen atoms in total. The molecule has 0 radical (unpaired) electrons. The lowest BCUT2D eigenvalue weighted by Crippen LogP contribution is -2.24. The molecule has 0 saturated heterocycles. The molecule has 0 aromatic heterocycles. The first-order valence-electron chi connectivity index (χ1n) is 7.07. The van der Waals surface area contributed by atoms with Gasteiger partial charge >= 0.3 is 12.4 Å². The van der Waals surface area contributed by atoms with Gasteiger partial charge in [-0.2, -0.15) is 26.3 Å². The average Bonchev–Trinajstić information content (AvgIpc) is 2.54. The highest BCUT2D eigenvalue weighted by Gasteiger charge is 2.37. The Hall–Kier alpha value is -1.69. The number of sulfonamides is 1. The first-order valence-corrected chi connectivity index (χ1v) is 9.31. The van der Waals surface area contributed by atoms with Crippen LogP contribution in [-0.2, 0) is 28.9 Å². The quantitative estimate of drug-likeness (QED) is 0.606. The van der Waals surface area contributed by atoms with Crippen LogP contribution in [0.25, 0.3) is 0 Å². The number of nitrogens with one attached hydrogen (secondary N) is 1. The molecule has 2 aromatic carbocycles. The molecule has 2 aromatic rings. The van der Waals surface area contributed by atoms with E-state index in [1.54, 1.807) is 4.72 Å². The highest BCUT2D eigenvalue weighted by Crippen LogP contribution is 2.37. The summed E-state index contributed by atoms with van der Waals surface area (Å²) in [4.78, 5) is -0.784. The van der Waals surface area contributed by atoms with E-state index < -0.39 is 61.3 Å². The van der Waals surface area contributed by atoms with Gasteiger partial charge in [0.05, 0.1) is 16.1 Å². The molecule has 28 heavy (non-hydrogen) atoms. The molecule has 13 heteroatoms. The minimum atomic E-state index is -5.08. The maximum atomic E-state index is 12.8. The minimum Gasteiger partial charge on any atom is -0.505 e. The Labute approximate surface area is 164 Å². The van der Waals surface area contributed by atoms with Crippen LogP contribution >= 0.6 is 23.2 Å². The molecule has 0 atom stereocenters. The number of benzene rings is 2. The molecule has 2 rings (SSSR count). The highest BCUT2D eigenvalue weighted by atomic mass is 35.5. The second kappa shape index (κ2) is 7.62. The summed E-state index contributed by atoms with van der Waals surface area (Å²) in [5.74, 6) is -0.876. The molecular weight excluding hydrogens is 459 g/mol. The van der Waals surface area contributed by atoms with Gasteiger partial charge in [-0.05, 0) is 35.9 Å². The van der Waals surface area contributed by atoms with Crippen molar-refractivity contribution < 1.29 is 39.9 Å². The van der Waals surface area contributed by atoms with Gasteiger partial charge in [0.1, 0.15) is 4.90 Å². The number of alkyl halides is 6. The summed E-state index contributed by atoms with van der Waals surface area (Å²) in [6, 6.07) is 2.53. The van der Waals surface area contributed by atoms with Gasteiger partial charge < -0.3 is 5.11 Å². The molecule has 0 aliphatic carbocycles. The normalized spacial score (nSPS) is 13.0. The van der Waals surface area contributed by atoms with Crippen molar-refractivity contribution in [3.05, 3.63) is 57.1 Å². The predicted octanol–water partition coefficient (Wildman–Crippen LogP) is 5.22. The van der Waals surface area contributed by atoms with Crippen LogP contribution in [0.4, 0.5) is 26.3 Å². The van der Waals surface area contributed by atoms with Crippen molar-refractivity contribution in [2.45, 2.75) is 23.8 Å². The Morgan fingerprint density at radius 1 is 0.893 bits per heavy atom. The van der Waals surface area contributed by atoms with E-state index in [1.165, 1.54) is 0 Å². The van der Waals surface area contributed by atoms with E-state index in [9.17, 15) is 39.9 Å². The van der Waals surface area contributed by atoms with E-state index in [0.717, 1.165) is 12.1 Å². The molecule has 0 saturated carbocycles. The Balaban J connectivity index is 2.41. The van der Waals surface area contributed by atoms with Crippen LogP contribution in [-0.4, -0.2) is 13.5 Å². The van der Waals surface area contributed by atoms with Crippen LogP contribution in [0.3, 0.4) is 0 Å². The maximum absolute atomic E-state index is 12.8. The number of phenols is 1. The van der Waals surface area contributed by atoms with Crippen molar-refractivity contribution in [2.24, 2.45) is 0 Å². The molecule has 0 bridgehead atoms. The maximum Gasteiger partial charge on any atom is 0.416 e. The number of hydrogen-bond acceptors (Lipinski definition) is 3. The molecule has 0 unspecified atom stereocenters. The molecule has 0 aliphatic rings. The SMILES string of the molecule is O=S(=O)(NCc1cc(C(F)(F)F)cc(C(F)(F)F)c1)c1cc(Cl)cc(Cl)c1O. The first-order chi connectivity index (χ1) is 12.6. The highest BCUT2D eigenvalue weighted by molar-refractivity contribution is 7.89. The summed E-state index contributed by atoms with van der Waals surface area (Å²) in [6.07, 6.45) is -10.2. The van der Waals surface area contributed by atoms with Gasteiger partial charge in [0, 0.05) is 11.6 Å². The van der Waals surface area contributed by atoms with Crippen molar-refractivity contribution >= 4 is 33.2 Å². The van der Waals surface area contributed by atoms with Crippen molar-refractivity contribution in [2.75, 3.05) is 0 Å². The van der Waals surface area contributed by atoms with E-state index in [0.29, 0.717) is 12.1 Å². The summed E-state index contributed by atoms with van der Waals surface area (Å²) in [5.41, 5.74) is -3.78. The zero-order valence-electron chi connectivity index (χ0n) is 13.3. The Morgan fingerprint density at radius 2 is 1.39 bits per heavy atom. The van der Waals surface area contributed by atoms with Gasteiger partial charge in [-0.3, -0.25) is 0 Å². The fraction of sp³-hybridized carbons (Fsp3) is 0.200. The van der Waals surface area contributed by atoms with E-state index >= 15 is 0 Å². The standard InChI is InChI=1S/C15H9Cl2F6NO3S/c16-10-4-11(17)13(25)12(5-10)28(26,27)24-6-7-1-8(14(18,19)20)3-9(2-7)15(21,22)23/h1-5,24-25H,6H2. The zero-order chi connectivity index (χ0) is 21.5. The summed E-state index contributed by atoms with van der Waals surface area (Å²) in [7, 11) is -4.56. The lowest BCUT2D eigenvalue weighted by molar-refractivity contribution is -0.143. The van der Waals surface area contributed by atoms with E-state index in [4.69, 9.17) is 23.2 Å². The number of rotatable bonds is 4. The minimum absolute atomic E-state index is 0.0828. The van der Waals surface area contributed by atoms with Crippen LogP contribution < -0.4 is 4.72 Å². The second-order valence-corrected chi connectivity index (χ2v) is 8.05. The largest absolute Gasteiger partial charge is 0.505 e. The van der Waals surface area contributed by atoms with Gasteiger partial charge in [0.2, 0.25) is 10.0 Å². The van der Waals surface area contributed by atoms with Gasteiger partial charge in [0.25, 0.3) is 0 Å². The van der Waals surface area contributed by atoms with E-state index in [1.807, 2.05) is 0 Å². The van der Waals surface area contributed by atoms with Crippen molar-refractivity contribution in [3.63, 3.8) is 0 Å². The van der Waals surface area contributed by atoms with Gasteiger partial charge in [0.15, 0.2) is 5.75 Å². The lowest BCUT2D eigenvalue weighted by Gasteiger charge is -2.15. The Kier molecular flexibility index (Phi) is 6.15. The topological polar surface area (TPSA) is 66.4 Å². The third kappa shape index (κ3) is 5.22. The predicted molar refractivity (Wildman–Crippen MR) is 88.6 cm³/mol. The number of halogens is 8. The second-order valence-electron chi connectivity index (χ2n) is 5.47. The van der Waals surface area contributed by atoms with Crippen molar-refractivity contribution in [1.29, 1.82) is 0 Å². The van der Waals surface area contributed by atoms with Crippen LogP contribution in [0.15, 0.2) is 35.2 Å². The lowest BCUT2D eigenvalue weighted by atomic mass is 10.0. The molecule has 0 spiro atoms. The van der Waals surface area contributed by atoms with Crippen LogP contribution in [0.5, 0.6) is 5.75 Å². The van der Waals surface area contributed by atoms with Gasteiger partial charge in [-0.15, -0.1) is 0 Å². The number of hydrogen-bond donors (Lipinski definition) is 2. The zero-order valence-corrected chi connectivity index (χ0v) is 15.6. The smallest absolute Gasteiger partial charge is 0.416 e. The summed E-state index contributed by atoms with van der Waals surface area (Å²) in [6.45, 7) is -0.918. The molecule has 0 aliphatic heterocycles. The van der Waals surface area contributed by atoms with Crippen LogP contribution in [0, 0.1) is 0 Å². The summed E-state index contributed by atoms with van der Waals surface area (Å²) >= 11 is 11.3. The van der Waals surface area contributed by atoms with Crippen molar-refractivity contribution in [3.8, 4) is 5.75 Å². The summed E-state index contributed by atoms with van der Waals surface area (Å²) in [5, 5.41) is 9.17. The third-order valence-corrected chi connectivity index (χ3v) is 5.32. The van der Waals surface area contributed by atoms with Gasteiger partial charge in [-0.1, -0.05) is 23.2 Å². The molecule has 0 amide bonds. The van der Waals surface area contributed by atoms with E-state index in [2.05, 4.69) is 0 Å². The van der Waals surface area contributed by atoms with Crippen LogP contribution in [0.2, 0.25) is 10.0 Å². The van der Waals surface area contributed by atoms with E-state index in [-0.39, 0.29) is 11.1 Å². The fourth-order valence-corrected chi connectivity index (χ4v) is 3.90. The number of phenolic OH excluding ortho intramolecular Hbond substituents is 1. The molecule has 154 valence electrons. The van der Waals surface area contributed by atoms with Gasteiger partial charge in [-0.25, -0.2) is 13.1 Å². The molecule has 2 N–H and O–H groups in total. The Bertz CT molecular complexity index is 974. The average molecular weight is 468 g/mol. The summed E-state index contributed by atoms with van der Waals surface area (Å²) < 4.78 is 103. The monoisotopic (exact) mass is 467 g/mol. The Morgan fingerprint density at radius 3 is 1.86 bits per heavy atom. The number of aromatic hydroxyl groups is 1.